The van der Waals surface area contributed by atoms with Crippen molar-refractivity contribution < 1.29 is 9.53 Å². The van der Waals surface area contributed by atoms with Crippen LogP contribution >= 0.6 is 0 Å². The van der Waals surface area contributed by atoms with E-state index >= 15 is 0 Å². The fourth-order valence-corrected chi connectivity index (χ4v) is 2.04. The van der Waals surface area contributed by atoms with Crippen molar-refractivity contribution in [1.82, 2.24) is 4.90 Å². The lowest BCUT2D eigenvalue weighted by molar-refractivity contribution is -0.144. The highest BCUT2D eigenvalue weighted by Crippen LogP contribution is 2.18. The van der Waals surface area contributed by atoms with Crippen molar-refractivity contribution in [2.75, 3.05) is 26.2 Å². The normalized spacial score (nSPS) is 12.4. The quantitative estimate of drug-likeness (QED) is 0.675. The Balaban J connectivity index is 2.28. The van der Waals surface area contributed by atoms with E-state index in [1.165, 1.54) is 5.56 Å². The Bertz CT molecular complexity index is 360. The zero-order valence-electron chi connectivity index (χ0n) is 12.3. The number of likely N-dealkylation sites (N-methyl/N-ethyl adjacent to an activating group) is 1. The number of benzene rings is 1. The molecular formula is C16H25NO2. The third kappa shape index (κ3) is 5.88. The maximum Gasteiger partial charge on any atom is 0.306 e. The molecule has 0 N–H and O–H groups in total. The van der Waals surface area contributed by atoms with Crippen LogP contribution in [0.1, 0.15) is 38.7 Å². The van der Waals surface area contributed by atoms with E-state index < -0.39 is 0 Å². The van der Waals surface area contributed by atoms with Gasteiger partial charge in [0, 0.05) is 6.54 Å². The number of nitrogens with zero attached hydrogens (tertiary/aromatic N) is 1. The minimum atomic E-state index is -0.108. The van der Waals surface area contributed by atoms with Crippen molar-refractivity contribution in [3.63, 3.8) is 0 Å². The second-order valence-corrected chi connectivity index (χ2v) is 4.76. The molecule has 0 bridgehead atoms. The largest absolute Gasteiger partial charge is 0.464 e. The standard InChI is InChI=1S/C16H25NO2/c1-4-17(5-2)11-12-19-16(18)13-14(3)15-9-7-6-8-10-15/h6-10,14H,4-5,11-13H2,1-3H3. The summed E-state index contributed by atoms with van der Waals surface area (Å²) in [4.78, 5) is 14.0. The Kier molecular flexibility index (Phi) is 7.19. The molecule has 0 aliphatic carbocycles. The average Bonchev–Trinajstić information content (AvgIpc) is 2.44. The first-order chi connectivity index (χ1) is 9.17. The lowest BCUT2D eigenvalue weighted by Gasteiger charge is -2.18. The van der Waals surface area contributed by atoms with Crippen LogP contribution in [0.2, 0.25) is 0 Å². The molecule has 0 fully saturated rings. The lowest BCUT2D eigenvalue weighted by Crippen LogP contribution is -2.28. The van der Waals surface area contributed by atoms with E-state index in [9.17, 15) is 4.79 Å². The van der Waals surface area contributed by atoms with E-state index in [2.05, 4.69) is 25.7 Å². The number of carbonyl (C=O) groups is 1. The summed E-state index contributed by atoms with van der Waals surface area (Å²) in [5, 5.41) is 0. The average molecular weight is 263 g/mol. The van der Waals surface area contributed by atoms with Crippen molar-refractivity contribution in [2.24, 2.45) is 0 Å². The van der Waals surface area contributed by atoms with Crippen LogP contribution in [0, 0.1) is 0 Å². The summed E-state index contributed by atoms with van der Waals surface area (Å²) >= 11 is 0. The van der Waals surface area contributed by atoms with Crippen LogP contribution in [0.5, 0.6) is 0 Å². The zero-order valence-corrected chi connectivity index (χ0v) is 12.3. The fourth-order valence-electron chi connectivity index (χ4n) is 2.04. The van der Waals surface area contributed by atoms with Crippen molar-refractivity contribution in [3.05, 3.63) is 35.9 Å². The van der Waals surface area contributed by atoms with Crippen LogP contribution in [0.25, 0.3) is 0 Å². The second-order valence-electron chi connectivity index (χ2n) is 4.76. The van der Waals surface area contributed by atoms with E-state index in [-0.39, 0.29) is 11.9 Å². The van der Waals surface area contributed by atoms with E-state index in [1.54, 1.807) is 0 Å². The predicted molar refractivity (Wildman–Crippen MR) is 78.2 cm³/mol. The number of rotatable bonds is 8. The van der Waals surface area contributed by atoms with Gasteiger partial charge in [0.2, 0.25) is 0 Å². The fraction of sp³-hybridized carbons (Fsp3) is 0.562. The van der Waals surface area contributed by atoms with Gasteiger partial charge in [0.25, 0.3) is 0 Å². The van der Waals surface area contributed by atoms with Gasteiger partial charge in [0.1, 0.15) is 6.61 Å². The minimum Gasteiger partial charge on any atom is -0.464 e. The first kappa shape index (κ1) is 15.7. The molecule has 0 spiro atoms. The molecule has 0 saturated heterocycles. The highest BCUT2D eigenvalue weighted by Gasteiger charge is 2.12. The van der Waals surface area contributed by atoms with Gasteiger partial charge in [-0.05, 0) is 24.6 Å². The third-order valence-corrected chi connectivity index (χ3v) is 3.41. The van der Waals surface area contributed by atoms with Crippen molar-refractivity contribution in [2.45, 2.75) is 33.1 Å². The molecule has 0 saturated carbocycles. The zero-order chi connectivity index (χ0) is 14.1. The summed E-state index contributed by atoms with van der Waals surface area (Å²) in [5.41, 5.74) is 1.18. The summed E-state index contributed by atoms with van der Waals surface area (Å²) in [6.45, 7) is 9.58. The molecule has 106 valence electrons. The lowest BCUT2D eigenvalue weighted by atomic mass is 9.98. The first-order valence-electron chi connectivity index (χ1n) is 7.10. The van der Waals surface area contributed by atoms with Gasteiger partial charge in [0.15, 0.2) is 0 Å². The smallest absolute Gasteiger partial charge is 0.306 e. The molecule has 3 nitrogen and oxygen atoms in total. The van der Waals surface area contributed by atoms with E-state index in [0.29, 0.717) is 13.0 Å². The van der Waals surface area contributed by atoms with Crippen molar-refractivity contribution in [1.29, 1.82) is 0 Å². The van der Waals surface area contributed by atoms with Crippen molar-refractivity contribution >= 4 is 5.97 Å². The Morgan fingerprint density at radius 2 is 1.84 bits per heavy atom. The monoisotopic (exact) mass is 263 g/mol. The van der Waals surface area contributed by atoms with Gasteiger partial charge in [0.05, 0.1) is 6.42 Å². The summed E-state index contributed by atoms with van der Waals surface area (Å²) < 4.78 is 5.29. The van der Waals surface area contributed by atoms with Crippen LogP contribution < -0.4 is 0 Å². The van der Waals surface area contributed by atoms with Gasteiger partial charge in [-0.25, -0.2) is 0 Å². The van der Waals surface area contributed by atoms with Gasteiger partial charge in [-0.3, -0.25) is 4.79 Å². The number of esters is 1. The van der Waals surface area contributed by atoms with E-state index in [0.717, 1.165) is 19.6 Å². The maximum atomic E-state index is 11.7. The number of hydrogen-bond acceptors (Lipinski definition) is 3. The molecule has 1 atom stereocenters. The molecule has 1 aromatic rings. The molecule has 1 aromatic carbocycles. The summed E-state index contributed by atoms with van der Waals surface area (Å²) in [6.07, 6.45) is 0.447. The number of ether oxygens (including phenoxy) is 1. The Morgan fingerprint density at radius 1 is 1.21 bits per heavy atom. The predicted octanol–water partition coefficient (Wildman–Crippen LogP) is 3.07. The SMILES string of the molecule is CCN(CC)CCOC(=O)CC(C)c1ccccc1. The van der Waals surface area contributed by atoms with Crippen LogP contribution in [0.3, 0.4) is 0 Å². The molecule has 0 aromatic heterocycles. The van der Waals surface area contributed by atoms with Gasteiger partial charge in [-0.2, -0.15) is 0 Å². The van der Waals surface area contributed by atoms with E-state index in [4.69, 9.17) is 4.74 Å². The maximum absolute atomic E-state index is 11.7. The van der Waals surface area contributed by atoms with Gasteiger partial charge in [-0.1, -0.05) is 51.1 Å². The summed E-state index contributed by atoms with van der Waals surface area (Å²) in [5.74, 6) is 0.102. The molecule has 0 aliphatic rings. The van der Waals surface area contributed by atoms with Gasteiger partial charge < -0.3 is 9.64 Å². The first-order valence-corrected chi connectivity index (χ1v) is 7.10. The van der Waals surface area contributed by atoms with Crippen LogP contribution in [0.4, 0.5) is 0 Å². The number of carbonyl (C=O) groups excluding carboxylic acids is 1. The molecule has 19 heavy (non-hydrogen) atoms. The summed E-state index contributed by atoms with van der Waals surface area (Å²) in [6, 6.07) is 10.1. The Morgan fingerprint density at radius 3 is 2.42 bits per heavy atom. The highest BCUT2D eigenvalue weighted by atomic mass is 16.5. The molecule has 3 heteroatoms. The molecule has 1 rings (SSSR count). The summed E-state index contributed by atoms with van der Waals surface area (Å²) in [7, 11) is 0. The van der Waals surface area contributed by atoms with Crippen LogP contribution in [0.15, 0.2) is 30.3 Å². The van der Waals surface area contributed by atoms with Crippen molar-refractivity contribution in [3.8, 4) is 0 Å². The van der Waals surface area contributed by atoms with Gasteiger partial charge >= 0.3 is 5.97 Å². The highest BCUT2D eigenvalue weighted by molar-refractivity contribution is 5.70. The molecule has 0 radical (unpaired) electrons. The molecule has 0 aliphatic heterocycles. The third-order valence-electron chi connectivity index (χ3n) is 3.41. The van der Waals surface area contributed by atoms with Gasteiger partial charge in [-0.15, -0.1) is 0 Å². The Hall–Kier alpha value is -1.35. The van der Waals surface area contributed by atoms with Crippen LogP contribution in [-0.4, -0.2) is 37.1 Å². The minimum absolute atomic E-state index is 0.108. The molecule has 0 heterocycles. The topological polar surface area (TPSA) is 29.5 Å². The molecule has 1 unspecified atom stereocenters. The molecule has 0 amide bonds. The van der Waals surface area contributed by atoms with E-state index in [1.807, 2.05) is 30.3 Å². The Labute approximate surface area is 116 Å². The van der Waals surface area contributed by atoms with Crippen LogP contribution in [-0.2, 0) is 9.53 Å². The number of hydrogen-bond donors (Lipinski definition) is 0. The molecular weight excluding hydrogens is 238 g/mol. The second kappa shape index (κ2) is 8.70.